The molecule has 144 valence electrons. The largest absolute Gasteiger partial charge is 0.494 e. The second kappa shape index (κ2) is 9.40. The fraction of sp³-hybridized carbons (Fsp3) is 0.455. The second-order valence-electron chi connectivity index (χ2n) is 7.25. The van der Waals surface area contributed by atoms with Gasteiger partial charge in [-0.2, -0.15) is 0 Å². The van der Waals surface area contributed by atoms with E-state index in [4.69, 9.17) is 4.74 Å². The van der Waals surface area contributed by atoms with E-state index in [1.54, 1.807) is 0 Å². The molecule has 2 aromatic rings. The van der Waals surface area contributed by atoms with E-state index in [2.05, 4.69) is 11.4 Å². The van der Waals surface area contributed by atoms with Crippen LogP contribution in [0.1, 0.15) is 38.5 Å². The van der Waals surface area contributed by atoms with Gasteiger partial charge in [0.15, 0.2) is 0 Å². The lowest BCUT2D eigenvalue weighted by atomic mass is 9.79. The van der Waals surface area contributed by atoms with Gasteiger partial charge in [-0.15, -0.1) is 0 Å². The van der Waals surface area contributed by atoms with Gasteiger partial charge in [0.1, 0.15) is 5.75 Å². The highest BCUT2D eigenvalue weighted by Crippen LogP contribution is 2.29. The van der Waals surface area contributed by atoms with E-state index in [9.17, 15) is 14.7 Å². The molecule has 2 atom stereocenters. The van der Waals surface area contributed by atoms with Gasteiger partial charge < -0.3 is 15.2 Å². The van der Waals surface area contributed by atoms with E-state index in [-0.39, 0.29) is 17.7 Å². The predicted molar refractivity (Wildman–Crippen MR) is 105 cm³/mol. The number of amides is 1. The van der Waals surface area contributed by atoms with Gasteiger partial charge in [0, 0.05) is 13.0 Å². The van der Waals surface area contributed by atoms with Crippen LogP contribution in [-0.4, -0.2) is 30.1 Å². The Hall–Kier alpha value is -2.56. The maximum absolute atomic E-state index is 12.0. The van der Waals surface area contributed by atoms with E-state index in [0.717, 1.165) is 36.8 Å². The van der Waals surface area contributed by atoms with E-state index in [1.807, 2.05) is 36.4 Å². The van der Waals surface area contributed by atoms with Gasteiger partial charge in [-0.25, -0.2) is 0 Å². The molecule has 1 aliphatic carbocycles. The average molecular weight is 369 g/mol. The minimum Gasteiger partial charge on any atom is -0.494 e. The van der Waals surface area contributed by atoms with Gasteiger partial charge in [0.05, 0.1) is 12.5 Å². The van der Waals surface area contributed by atoms with Crippen LogP contribution in [0.25, 0.3) is 10.8 Å². The maximum Gasteiger partial charge on any atom is 0.306 e. The maximum atomic E-state index is 12.0. The number of ether oxygens (including phenoxy) is 1. The first-order valence-corrected chi connectivity index (χ1v) is 9.74. The summed E-state index contributed by atoms with van der Waals surface area (Å²) in [4.78, 5) is 23.3. The third-order valence-corrected chi connectivity index (χ3v) is 5.33. The van der Waals surface area contributed by atoms with Crippen molar-refractivity contribution >= 4 is 22.6 Å². The van der Waals surface area contributed by atoms with Crippen molar-refractivity contribution in [2.45, 2.75) is 38.5 Å². The number of rotatable bonds is 8. The molecule has 1 amide bonds. The lowest BCUT2D eigenvalue weighted by Crippen LogP contribution is -2.37. The summed E-state index contributed by atoms with van der Waals surface area (Å²) in [5.41, 5.74) is 0. The molecule has 0 aromatic heterocycles. The topological polar surface area (TPSA) is 75.6 Å². The van der Waals surface area contributed by atoms with Gasteiger partial charge in [-0.05, 0) is 48.1 Å². The fourth-order valence-corrected chi connectivity index (χ4v) is 3.79. The molecule has 0 heterocycles. The lowest BCUT2D eigenvalue weighted by Gasteiger charge is -2.28. The summed E-state index contributed by atoms with van der Waals surface area (Å²) in [6.45, 7) is 0.939. The van der Waals surface area contributed by atoms with Gasteiger partial charge in [-0.3, -0.25) is 9.59 Å². The number of carbonyl (C=O) groups is 2. The molecule has 0 radical (unpaired) electrons. The summed E-state index contributed by atoms with van der Waals surface area (Å²) in [7, 11) is 0. The molecule has 2 N–H and O–H groups in total. The van der Waals surface area contributed by atoms with Crippen molar-refractivity contribution < 1.29 is 19.4 Å². The first kappa shape index (κ1) is 19.2. The van der Waals surface area contributed by atoms with Crippen molar-refractivity contribution in [3.63, 3.8) is 0 Å². The standard InChI is InChI=1S/C22H27NO4/c24-21(23-15-18-8-3-4-9-20(18)22(25)26)10-5-13-27-19-12-11-16-6-1-2-7-17(16)14-19/h1-2,6-7,11-12,14,18,20H,3-5,8-10,13,15H2,(H,23,24)(H,25,26)/t18-,20-/m0/s1. The minimum absolute atomic E-state index is 0.0353. The van der Waals surface area contributed by atoms with E-state index in [1.165, 1.54) is 5.39 Å². The quantitative estimate of drug-likeness (QED) is 0.690. The normalized spacial score (nSPS) is 19.6. The summed E-state index contributed by atoms with van der Waals surface area (Å²) in [5, 5.41) is 14.5. The molecule has 5 nitrogen and oxygen atoms in total. The van der Waals surface area contributed by atoms with Crippen molar-refractivity contribution in [3.05, 3.63) is 42.5 Å². The molecule has 1 fully saturated rings. The van der Waals surface area contributed by atoms with Gasteiger partial charge in [0.2, 0.25) is 5.91 Å². The predicted octanol–water partition coefficient (Wildman–Crippen LogP) is 4.01. The highest BCUT2D eigenvalue weighted by molar-refractivity contribution is 5.83. The van der Waals surface area contributed by atoms with Crippen LogP contribution >= 0.6 is 0 Å². The Bertz CT molecular complexity index is 789. The van der Waals surface area contributed by atoms with Crippen molar-refractivity contribution in [1.82, 2.24) is 5.32 Å². The smallest absolute Gasteiger partial charge is 0.306 e. The summed E-state index contributed by atoms with van der Waals surface area (Å²) in [5.74, 6) is -0.241. The van der Waals surface area contributed by atoms with E-state index < -0.39 is 5.97 Å². The van der Waals surface area contributed by atoms with Gasteiger partial charge in [0.25, 0.3) is 0 Å². The second-order valence-corrected chi connectivity index (χ2v) is 7.25. The third kappa shape index (κ3) is 5.46. The Morgan fingerprint density at radius 3 is 2.67 bits per heavy atom. The Kier molecular flexibility index (Phi) is 6.69. The molecule has 0 aliphatic heterocycles. The van der Waals surface area contributed by atoms with Crippen LogP contribution in [0.15, 0.2) is 42.5 Å². The molecule has 0 saturated heterocycles. The van der Waals surface area contributed by atoms with Gasteiger partial charge in [-0.1, -0.05) is 43.2 Å². The highest BCUT2D eigenvalue weighted by Gasteiger charge is 2.30. The van der Waals surface area contributed by atoms with Crippen molar-refractivity contribution in [2.24, 2.45) is 11.8 Å². The summed E-state index contributed by atoms with van der Waals surface area (Å²) in [6, 6.07) is 14.1. The number of nitrogens with one attached hydrogen (secondary N) is 1. The average Bonchev–Trinajstić information content (AvgIpc) is 2.69. The monoisotopic (exact) mass is 369 g/mol. The van der Waals surface area contributed by atoms with Crippen LogP contribution in [0.5, 0.6) is 5.75 Å². The number of aliphatic carboxylic acids is 1. The number of carboxylic acids is 1. The van der Waals surface area contributed by atoms with Crippen molar-refractivity contribution in [1.29, 1.82) is 0 Å². The summed E-state index contributed by atoms with van der Waals surface area (Å²) in [6.07, 6.45) is 4.62. The molecule has 2 aromatic carbocycles. The summed E-state index contributed by atoms with van der Waals surface area (Å²) >= 11 is 0. The zero-order chi connectivity index (χ0) is 19.1. The Labute approximate surface area is 159 Å². The van der Waals surface area contributed by atoms with Crippen molar-refractivity contribution in [3.8, 4) is 5.75 Å². The molecule has 0 bridgehead atoms. The van der Waals surface area contributed by atoms with E-state index >= 15 is 0 Å². The lowest BCUT2D eigenvalue weighted by molar-refractivity contribution is -0.145. The number of hydrogen-bond donors (Lipinski definition) is 2. The number of carboxylic acid groups (broad SMARTS) is 1. The molecule has 0 unspecified atom stereocenters. The zero-order valence-corrected chi connectivity index (χ0v) is 15.5. The van der Waals surface area contributed by atoms with Crippen molar-refractivity contribution in [2.75, 3.05) is 13.2 Å². The van der Waals surface area contributed by atoms with Gasteiger partial charge >= 0.3 is 5.97 Å². The Morgan fingerprint density at radius 1 is 1.07 bits per heavy atom. The van der Waals surface area contributed by atoms with Crippen LogP contribution in [-0.2, 0) is 9.59 Å². The third-order valence-electron chi connectivity index (χ3n) is 5.33. The zero-order valence-electron chi connectivity index (χ0n) is 15.5. The molecule has 3 rings (SSSR count). The van der Waals surface area contributed by atoms with Crippen LogP contribution in [0.2, 0.25) is 0 Å². The first-order valence-electron chi connectivity index (χ1n) is 9.74. The first-order chi connectivity index (χ1) is 13.1. The highest BCUT2D eigenvalue weighted by atomic mass is 16.5. The van der Waals surface area contributed by atoms with E-state index in [0.29, 0.717) is 26.0 Å². The molecule has 1 aliphatic rings. The van der Waals surface area contributed by atoms with Crippen LogP contribution in [0, 0.1) is 11.8 Å². The fourth-order valence-electron chi connectivity index (χ4n) is 3.79. The molecular weight excluding hydrogens is 342 g/mol. The molecule has 0 spiro atoms. The minimum atomic E-state index is -0.738. The SMILES string of the molecule is O=C(CCCOc1ccc2ccccc2c1)NC[C@@H]1CCCC[C@@H]1C(=O)O. The van der Waals surface area contributed by atoms with Crippen LogP contribution < -0.4 is 10.1 Å². The summed E-state index contributed by atoms with van der Waals surface area (Å²) < 4.78 is 5.75. The number of carbonyl (C=O) groups excluding carboxylic acids is 1. The number of hydrogen-bond acceptors (Lipinski definition) is 3. The van der Waals surface area contributed by atoms with Crippen LogP contribution in [0.3, 0.4) is 0 Å². The van der Waals surface area contributed by atoms with Crippen LogP contribution in [0.4, 0.5) is 0 Å². The Morgan fingerprint density at radius 2 is 1.85 bits per heavy atom. The number of fused-ring (bicyclic) bond motifs is 1. The molecule has 27 heavy (non-hydrogen) atoms. The number of benzene rings is 2. The molecule has 1 saturated carbocycles. The Balaban J connectivity index is 1.37. The molecule has 5 heteroatoms. The molecular formula is C22H27NO4.